The van der Waals surface area contributed by atoms with Crippen molar-refractivity contribution >= 4 is 27.0 Å². The summed E-state index contributed by atoms with van der Waals surface area (Å²) < 4.78 is 40.6. The first-order valence-corrected chi connectivity index (χ1v) is 8.86. The van der Waals surface area contributed by atoms with Crippen molar-refractivity contribution in [3.63, 3.8) is 0 Å². The van der Waals surface area contributed by atoms with Gasteiger partial charge in [0.15, 0.2) is 0 Å². The van der Waals surface area contributed by atoms with E-state index in [4.69, 9.17) is 0 Å². The molecule has 2 N–H and O–H groups in total. The van der Waals surface area contributed by atoms with Crippen LogP contribution in [0.4, 0.5) is 10.1 Å². The molecule has 0 aliphatic carbocycles. The normalized spacial score (nSPS) is 11.6. The van der Waals surface area contributed by atoms with Gasteiger partial charge in [-0.1, -0.05) is 13.0 Å². The maximum absolute atomic E-state index is 13.2. The number of hydrogen-bond donors (Lipinski definition) is 2. The second-order valence-electron chi connectivity index (χ2n) is 4.57. The van der Waals surface area contributed by atoms with E-state index in [0.717, 1.165) is 17.5 Å². The zero-order valence-electron chi connectivity index (χ0n) is 11.8. The Morgan fingerprint density at radius 3 is 2.76 bits per heavy atom. The number of rotatable bonds is 6. The first kappa shape index (κ1) is 15.9. The highest BCUT2D eigenvalue weighted by Crippen LogP contribution is 2.28. The van der Waals surface area contributed by atoms with Crippen LogP contribution in [0.1, 0.15) is 17.4 Å². The molecule has 2 rings (SSSR count). The van der Waals surface area contributed by atoms with Crippen LogP contribution >= 0.6 is 11.3 Å². The fourth-order valence-electron chi connectivity index (χ4n) is 1.97. The number of thiophene rings is 1. The Balaban J connectivity index is 2.33. The molecule has 0 saturated heterocycles. The molecule has 21 heavy (non-hydrogen) atoms. The van der Waals surface area contributed by atoms with Gasteiger partial charge < -0.3 is 5.32 Å². The van der Waals surface area contributed by atoms with Crippen molar-refractivity contribution in [2.45, 2.75) is 25.3 Å². The van der Waals surface area contributed by atoms with Gasteiger partial charge in [0.2, 0.25) is 0 Å². The number of halogens is 1. The highest BCUT2D eigenvalue weighted by molar-refractivity contribution is 7.93. The maximum atomic E-state index is 13.2. The van der Waals surface area contributed by atoms with Gasteiger partial charge in [0.25, 0.3) is 10.0 Å². The lowest BCUT2D eigenvalue weighted by atomic mass is 10.3. The van der Waals surface area contributed by atoms with Crippen molar-refractivity contribution in [1.29, 1.82) is 0 Å². The topological polar surface area (TPSA) is 58.2 Å². The Hall–Kier alpha value is -1.44. The van der Waals surface area contributed by atoms with E-state index in [9.17, 15) is 12.8 Å². The summed E-state index contributed by atoms with van der Waals surface area (Å²) in [6, 6.07) is 5.41. The van der Waals surface area contributed by atoms with Crippen LogP contribution in [0.3, 0.4) is 0 Å². The molecule has 4 nitrogen and oxygen atoms in total. The zero-order valence-corrected chi connectivity index (χ0v) is 13.4. The smallest absolute Gasteiger partial charge is 0.263 e. The predicted octanol–water partition coefficient (Wildman–Crippen LogP) is 3.11. The highest BCUT2D eigenvalue weighted by Gasteiger charge is 2.23. The van der Waals surface area contributed by atoms with Crippen LogP contribution in [0.2, 0.25) is 0 Å². The standard InChI is InChI=1S/C14H17FN2O2S2/c1-3-16-8-13-14(10(2)9-20-13)21(18,19)17-12-6-4-5-11(15)7-12/h4-7,9,16-17H,3,8H2,1-2H3. The molecular formula is C14H17FN2O2S2. The van der Waals surface area contributed by atoms with Gasteiger partial charge in [0.1, 0.15) is 10.7 Å². The van der Waals surface area contributed by atoms with E-state index in [2.05, 4.69) is 10.0 Å². The SMILES string of the molecule is CCNCc1scc(C)c1S(=O)(=O)Nc1cccc(F)c1. The molecule has 0 bridgehead atoms. The fourth-order valence-corrected chi connectivity index (χ4v) is 4.80. The van der Waals surface area contributed by atoms with E-state index in [0.29, 0.717) is 12.1 Å². The van der Waals surface area contributed by atoms with E-state index in [1.165, 1.54) is 29.5 Å². The lowest BCUT2D eigenvalue weighted by Gasteiger charge is -2.10. The van der Waals surface area contributed by atoms with Gasteiger partial charge in [0, 0.05) is 11.4 Å². The molecule has 0 amide bonds. The van der Waals surface area contributed by atoms with Gasteiger partial charge in [-0.2, -0.15) is 0 Å². The van der Waals surface area contributed by atoms with Crippen molar-refractivity contribution in [3.8, 4) is 0 Å². The summed E-state index contributed by atoms with van der Waals surface area (Å²) in [5, 5.41) is 4.93. The predicted molar refractivity (Wildman–Crippen MR) is 83.6 cm³/mol. The van der Waals surface area contributed by atoms with Crippen molar-refractivity contribution < 1.29 is 12.8 Å². The van der Waals surface area contributed by atoms with E-state index in [1.54, 1.807) is 6.92 Å². The van der Waals surface area contributed by atoms with Crippen molar-refractivity contribution in [2.75, 3.05) is 11.3 Å². The van der Waals surface area contributed by atoms with E-state index in [-0.39, 0.29) is 10.6 Å². The largest absolute Gasteiger partial charge is 0.312 e. The minimum Gasteiger partial charge on any atom is -0.312 e. The molecule has 2 aromatic rings. The average Bonchev–Trinajstić information content (AvgIpc) is 2.77. The summed E-state index contributed by atoms with van der Waals surface area (Å²) in [7, 11) is -3.72. The first-order valence-electron chi connectivity index (χ1n) is 6.50. The Bertz CT molecular complexity index is 726. The Morgan fingerprint density at radius 2 is 2.10 bits per heavy atom. The third kappa shape index (κ3) is 3.81. The Morgan fingerprint density at radius 1 is 1.33 bits per heavy atom. The Kier molecular flexibility index (Phi) is 4.97. The van der Waals surface area contributed by atoms with Crippen LogP contribution in [0.15, 0.2) is 34.5 Å². The number of hydrogen-bond acceptors (Lipinski definition) is 4. The molecule has 1 heterocycles. The third-order valence-corrected chi connectivity index (χ3v) is 5.71. The van der Waals surface area contributed by atoms with Crippen molar-refractivity contribution in [3.05, 3.63) is 45.9 Å². The van der Waals surface area contributed by atoms with Crippen molar-refractivity contribution in [2.24, 2.45) is 0 Å². The summed E-state index contributed by atoms with van der Waals surface area (Å²) in [5.41, 5.74) is 0.909. The quantitative estimate of drug-likeness (QED) is 0.856. The maximum Gasteiger partial charge on any atom is 0.263 e. The molecule has 0 aliphatic rings. The highest BCUT2D eigenvalue weighted by atomic mass is 32.2. The molecule has 114 valence electrons. The van der Waals surface area contributed by atoms with Crippen molar-refractivity contribution in [1.82, 2.24) is 5.32 Å². The molecule has 0 atom stereocenters. The lowest BCUT2D eigenvalue weighted by molar-refractivity contribution is 0.598. The molecular weight excluding hydrogens is 311 g/mol. The number of sulfonamides is 1. The van der Waals surface area contributed by atoms with E-state index in [1.807, 2.05) is 12.3 Å². The van der Waals surface area contributed by atoms with Crippen LogP contribution in [0.5, 0.6) is 0 Å². The summed E-state index contributed by atoms with van der Waals surface area (Å²) >= 11 is 1.40. The molecule has 7 heteroatoms. The lowest BCUT2D eigenvalue weighted by Crippen LogP contribution is -2.18. The molecule has 0 saturated carbocycles. The minimum absolute atomic E-state index is 0.218. The molecule has 1 aromatic heterocycles. The number of aryl methyl sites for hydroxylation is 1. The Labute approximate surface area is 128 Å². The molecule has 0 fully saturated rings. The average molecular weight is 328 g/mol. The van der Waals surface area contributed by atoms with Gasteiger partial charge in [0.05, 0.1) is 5.69 Å². The second kappa shape index (κ2) is 6.55. The van der Waals surface area contributed by atoms with Crippen LogP contribution in [-0.4, -0.2) is 15.0 Å². The van der Waals surface area contributed by atoms with Crippen LogP contribution in [-0.2, 0) is 16.6 Å². The van der Waals surface area contributed by atoms with E-state index < -0.39 is 15.8 Å². The number of nitrogens with one attached hydrogen (secondary N) is 2. The van der Waals surface area contributed by atoms with E-state index >= 15 is 0 Å². The monoisotopic (exact) mass is 328 g/mol. The van der Waals surface area contributed by atoms with Crippen LogP contribution in [0.25, 0.3) is 0 Å². The molecule has 0 aliphatic heterocycles. The summed E-state index contributed by atoms with van der Waals surface area (Å²) in [5.74, 6) is -0.481. The molecule has 0 unspecified atom stereocenters. The minimum atomic E-state index is -3.72. The van der Waals surface area contributed by atoms with Gasteiger partial charge in [-0.25, -0.2) is 12.8 Å². The van der Waals surface area contributed by atoms with Crippen LogP contribution < -0.4 is 10.0 Å². The molecule has 0 radical (unpaired) electrons. The second-order valence-corrected chi connectivity index (χ2v) is 7.15. The zero-order chi connectivity index (χ0) is 15.5. The van der Waals surface area contributed by atoms with Gasteiger partial charge in [-0.05, 0) is 42.6 Å². The summed E-state index contributed by atoms with van der Waals surface area (Å²) in [6.07, 6.45) is 0. The summed E-state index contributed by atoms with van der Waals surface area (Å²) in [4.78, 5) is 1.02. The summed E-state index contributed by atoms with van der Waals surface area (Å²) in [6.45, 7) is 4.97. The van der Waals surface area contributed by atoms with Gasteiger partial charge in [-0.3, -0.25) is 4.72 Å². The first-order chi connectivity index (χ1) is 9.94. The number of benzene rings is 1. The molecule has 1 aromatic carbocycles. The van der Waals surface area contributed by atoms with Gasteiger partial charge in [-0.15, -0.1) is 11.3 Å². The number of anilines is 1. The molecule has 0 spiro atoms. The van der Waals surface area contributed by atoms with Gasteiger partial charge >= 0.3 is 0 Å². The van der Waals surface area contributed by atoms with Crippen LogP contribution in [0, 0.1) is 12.7 Å². The fraction of sp³-hybridized carbons (Fsp3) is 0.286. The third-order valence-electron chi connectivity index (χ3n) is 2.87.